The number of carbonyl (C=O) groups excluding carboxylic acids is 1. The Morgan fingerprint density at radius 1 is 1.06 bits per heavy atom. The fourth-order valence-electron chi connectivity index (χ4n) is 4.59. The minimum absolute atomic E-state index is 0.0591. The molecule has 1 fully saturated rings. The molecule has 1 unspecified atom stereocenters. The standard InChI is InChI=1S/C26H27N5O2/c32-25-11-5-4-10-22(25)24-15-23(20-9-6-13-27-16-20)29-31(24)26(33)28-21-12-14-30(18-21)17-19-7-2-1-3-8-19/h1-11,13,16,21,24,32H,12,14-15,17-18H2,(H,28,33)/t21-,24?/m1/s1. The number of pyridine rings is 1. The van der Waals surface area contributed by atoms with Gasteiger partial charge in [-0.25, -0.2) is 9.80 Å². The predicted octanol–water partition coefficient (Wildman–Crippen LogP) is 3.92. The molecule has 0 radical (unpaired) electrons. The third-order valence-electron chi connectivity index (χ3n) is 6.26. The van der Waals surface area contributed by atoms with Crippen LogP contribution in [-0.4, -0.2) is 50.9 Å². The minimum Gasteiger partial charge on any atom is -0.508 e. The van der Waals surface area contributed by atoms with Crippen molar-refractivity contribution >= 4 is 11.7 Å². The normalized spacial score (nSPS) is 20.6. The molecule has 5 rings (SSSR count). The van der Waals surface area contributed by atoms with Gasteiger partial charge in [-0.2, -0.15) is 5.10 Å². The number of aromatic nitrogens is 1. The number of carbonyl (C=O) groups is 1. The second-order valence-electron chi connectivity index (χ2n) is 8.57. The van der Waals surface area contributed by atoms with E-state index >= 15 is 0 Å². The van der Waals surface area contributed by atoms with Crippen LogP contribution in [0.4, 0.5) is 4.79 Å². The number of likely N-dealkylation sites (tertiary alicyclic amines) is 1. The van der Waals surface area contributed by atoms with Gasteiger partial charge in [0.15, 0.2) is 0 Å². The Morgan fingerprint density at radius 2 is 1.88 bits per heavy atom. The lowest BCUT2D eigenvalue weighted by Gasteiger charge is -2.25. The van der Waals surface area contributed by atoms with Gasteiger partial charge in [0.1, 0.15) is 5.75 Å². The van der Waals surface area contributed by atoms with E-state index in [2.05, 4.69) is 44.6 Å². The number of para-hydroxylation sites is 1. The van der Waals surface area contributed by atoms with Crippen molar-refractivity contribution in [2.24, 2.45) is 5.10 Å². The maximum atomic E-state index is 13.3. The van der Waals surface area contributed by atoms with E-state index in [1.165, 1.54) is 10.6 Å². The van der Waals surface area contributed by atoms with Crippen LogP contribution < -0.4 is 5.32 Å². The van der Waals surface area contributed by atoms with E-state index in [1.807, 2.05) is 30.3 Å². The van der Waals surface area contributed by atoms with Gasteiger partial charge in [0, 0.05) is 55.6 Å². The van der Waals surface area contributed by atoms with Gasteiger partial charge in [0.25, 0.3) is 0 Å². The quantitative estimate of drug-likeness (QED) is 0.629. The number of hydrogen-bond acceptors (Lipinski definition) is 5. The first kappa shape index (κ1) is 21.2. The summed E-state index contributed by atoms with van der Waals surface area (Å²) in [5, 5.41) is 19.8. The lowest BCUT2D eigenvalue weighted by molar-refractivity contribution is 0.181. The van der Waals surface area contributed by atoms with Crippen LogP contribution in [0.25, 0.3) is 0 Å². The largest absolute Gasteiger partial charge is 0.508 e. The number of phenols is 1. The Morgan fingerprint density at radius 3 is 2.67 bits per heavy atom. The smallest absolute Gasteiger partial charge is 0.338 e. The van der Waals surface area contributed by atoms with Crippen LogP contribution in [0, 0.1) is 0 Å². The van der Waals surface area contributed by atoms with Crippen LogP contribution >= 0.6 is 0 Å². The first-order chi connectivity index (χ1) is 16.2. The molecule has 7 heteroatoms. The number of rotatable bonds is 5. The topological polar surface area (TPSA) is 81.1 Å². The van der Waals surface area contributed by atoms with E-state index in [0.717, 1.165) is 37.3 Å². The van der Waals surface area contributed by atoms with Crippen molar-refractivity contribution in [2.45, 2.75) is 31.5 Å². The summed E-state index contributed by atoms with van der Waals surface area (Å²) in [4.78, 5) is 19.9. The van der Waals surface area contributed by atoms with Crippen LogP contribution in [0.2, 0.25) is 0 Å². The van der Waals surface area contributed by atoms with Gasteiger partial charge in [0.2, 0.25) is 0 Å². The van der Waals surface area contributed by atoms with Gasteiger partial charge in [-0.3, -0.25) is 9.88 Å². The van der Waals surface area contributed by atoms with Crippen molar-refractivity contribution in [3.8, 4) is 5.75 Å². The van der Waals surface area contributed by atoms with Crippen molar-refractivity contribution < 1.29 is 9.90 Å². The van der Waals surface area contributed by atoms with Crippen LogP contribution in [0.1, 0.15) is 35.6 Å². The van der Waals surface area contributed by atoms with E-state index in [1.54, 1.807) is 24.5 Å². The average Bonchev–Trinajstić information content (AvgIpc) is 3.48. The van der Waals surface area contributed by atoms with E-state index in [-0.39, 0.29) is 23.9 Å². The van der Waals surface area contributed by atoms with E-state index < -0.39 is 0 Å². The molecule has 2 aliphatic rings. The third kappa shape index (κ3) is 4.73. The van der Waals surface area contributed by atoms with E-state index in [9.17, 15) is 9.90 Å². The number of phenolic OH excluding ortho intramolecular Hbond substituents is 1. The number of hydrogen-bond donors (Lipinski definition) is 2. The molecule has 0 aliphatic carbocycles. The Kier molecular flexibility index (Phi) is 6.04. The molecule has 2 aromatic carbocycles. The Balaban J connectivity index is 1.31. The zero-order valence-electron chi connectivity index (χ0n) is 18.3. The summed E-state index contributed by atoms with van der Waals surface area (Å²) in [6, 6.07) is 20.8. The van der Waals surface area contributed by atoms with Gasteiger partial charge < -0.3 is 10.4 Å². The summed E-state index contributed by atoms with van der Waals surface area (Å²) < 4.78 is 0. The van der Waals surface area contributed by atoms with E-state index in [4.69, 9.17) is 0 Å². The van der Waals surface area contributed by atoms with Crippen LogP contribution in [0.5, 0.6) is 5.75 Å². The maximum Gasteiger partial charge on any atom is 0.338 e. The van der Waals surface area contributed by atoms with Gasteiger partial charge in [-0.05, 0) is 24.1 Å². The molecular weight excluding hydrogens is 414 g/mol. The van der Waals surface area contributed by atoms with Crippen molar-refractivity contribution in [1.82, 2.24) is 20.2 Å². The van der Waals surface area contributed by atoms with Crippen molar-refractivity contribution in [3.63, 3.8) is 0 Å². The molecule has 2 aliphatic heterocycles. The molecule has 1 aromatic heterocycles. The summed E-state index contributed by atoms with van der Waals surface area (Å²) >= 11 is 0. The summed E-state index contributed by atoms with van der Waals surface area (Å²) in [7, 11) is 0. The summed E-state index contributed by atoms with van der Waals surface area (Å²) in [5.74, 6) is 0.165. The molecule has 0 saturated carbocycles. The SMILES string of the molecule is O=C(N[C@@H]1CCN(Cc2ccccc2)C1)N1N=C(c2cccnc2)CC1c1ccccc1O. The molecule has 1 saturated heterocycles. The molecule has 2 atom stereocenters. The molecule has 0 bridgehead atoms. The van der Waals surface area contributed by atoms with Crippen LogP contribution in [-0.2, 0) is 6.54 Å². The lowest BCUT2D eigenvalue weighted by Crippen LogP contribution is -2.43. The fourth-order valence-corrected chi connectivity index (χ4v) is 4.59. The van der Waals surface area contributed by atoms with Gasteiger partial charge in [0.05, 0.1) is 11.8 Å². The fraction of sp³-hybridized carbons (Fsp3) is 0.269. The number of urea groups is 1. The molecule has 2 N–H and O–H groups in total. The van der Waals surface area contributed by atoms with Crippen molar-refractivity contribution in [3.05, 3.63) is 95.8 Å². The molecule has 3 heterocycles. The zero-order chi connectivity index (χ0) is 22.6. The second kappa shape index (κ2) is 9.42. The second-order valence-corrected chi connectivity index (χ2v) is 8.57. The molecule has 33 heavy (non-hydrogen) atoms. The number of aromatic hydroxyl groups is 1. The summed E-state index contributed by atoms with van der Waals surface area (Å²) in [6.07, 6.45) is 4.88. The monoisotopic (exact) mass is 441 g/mol. The molecular formula is C26H27N5O2. The number of amides is 2. The summed E-state index contributed by atoms with van der Waals surface area (Å²) in [6.45, 7) is 2.61. The third-order valence-corrected chi connectivity index (χ3v) is 6.26. The highest BCUT2D eigenvalue weighted by Crippen LogP contribution is 2.36. The minimum atomic E-state index is -0.372. The number of nitrogens with one attached hydrogen (secondary N) is 1. The van der Waals surface area contributed by atoms with Gasteiger partial charge in [-0.15, -0.1) is 0 Å². The highest BCUT2D eigenvalue weighted by atomic mass is 16.3. The van der Waals surface area contributed by atoms with Crippen molar-refractivity contribution in [2.75, 3.05) is 13.1 Å². The molecule has 2 amide bonds. The molecule has 3 aromatic rings. The van der Waals surface area contributed by atoms with Crippen molar-refractivity contribution in [1.29, 1.82) is 0 Å². The van der Waals surface area contributed by atoms with Gasteiger partial charge >= 0.3 is 6.03 Å². The highest BCUT2D eigenvalue weighted by Gasteiger charge is 2.36. The highest BCUT2D eigenvalue weighted by molar-refractivity contribution is 6.02. The number of benzene rings is 2. The Labute approximate surface area is 193 Å². The first-order valence-corrected chi connectivity index (χ1v) is 11.3. The Hall–Kier alpha value is -3.71. The van der Waals surface area contributed by atoms with Crippen LogP contribution in [0.15, 0.2) is 84.2 Å². The predicted molar refractivity (Wildman–Crippen MR) is 127 cm³/mol. The zero-order valence-corrected chi connectivity index (χ0v) is 18.3. The maximum absolute atomic E-state index is 13.3. The number of hydrazone groups is 1. The molecule has 0 spiro atoms. The molecule has 7 nitrogen and oxygen atoms in total. The summed E-state index contributed by atoms with van der Waals surface area (Å²) in [5.41, 5.74) is 3.62. The van der Waals surface area contributed by atoms with Gasteiger partial charge in [-0.1, -0.05) is 54.6 Å². The Bertz CT molecular complexity index is 1140. The first-order valence-electron chi connectivity index (χ1n) is 11.3. The van der Waals surface area contributed by atoms with E-state index in [0.29, 0.717) is 12.0 Å². The molecule has 168 valence electrons. The van der Waals surface area contributed by atoms with Crippen LogP contribution in [0.3, 0.4) is 0 Å². The lowest BCUT2D eigenvalue weighted by atomic mass is 9.98. The average molecular weight is 442 g/mol. The number of nitrogens with zero attached hydrogens (tertiary/aromatic N) is 4.